The van der Waals surface area contributed by atoms with E-state index in [0.29, 0.717) is 5.56 Å². The number of methoxy groups -OCH3 is 1. The fraction of sp³-hybridized carbons (Fsp3) is 0.438. The highest BCUT2D eigenvalue weighted by Crippen LogP contribution is 2.36. The summed E-state index contributed by atoms with van der Waals surface area (Å²) in [6.07, 6.45) is -1.23. The molecular formula is C32H38F2N4O8. The summed E-state index contributed by atoms with van der Waals surface area (Å²) in [5.41, 5.74) is 0.254. The lowest BCUT2D eigenvalue weighted by Crippen LogP contribution is -2.55. The summed E-state index contributed by atoms with van der Waals surface area (Å²) >= 11 is 0. The number of carbonyl (C=O) groups excluding carboxylic acids is 3. The van der Waals surface area contributed by atoms with Gasteiger partial charge < -0.3 is 38.5 Å². The van der Waals surface area contributed by atoms with Gasteiger partial charge in [0.05, 0.1) is 13.2 Å². The van der Waals surface area contributed by atoms with Gasteiger partial charge in [-0.25, -0.2) is 14.6 Å². The number of hydrogen-bond acceptors (Lipinski definition) is 9. The lowest BCUT2D eigenvalue weighted by Gasteiger charge is -2.38. The highest BCUT2D eigenvalue weighted by molar-refractivity contribution is 5.94. The van der Waals surface area contributed by atoms with E-state index in [9.17, 15) is 23.2 Å². The Morgan fingerprint density at radius 2 is 1.80 bits per heavy atom. The van der Waals surface area contributed by atoms with Crippen LogP contribution in [-0.2, 0) is 16.1 Å². The molecule has 4 rings (SSSR count). The van der Waals surface area contributed by atoms with Gasteiger partial charge in [0.25, 0.3) is 5.91 Å². The number of benzene rings is 2. The van der Waals surface area contributed by atoms with E-state index in [1.807, 2.05) is 30.3 Å². The minimum Gasteiger partial charge on any atom is -0.485 e. The summed E-state index contributed by atoms with van der Waals surface area (Å²) in [4.78, 5) is 46.2. The van der Waals surface area contributed by atoms with Crippen molar-refractivity contribution in [1.82, 2.24) is 20.1 Å². The van der Waals surface area contributed by atoms with Gasteiger partial charge in [0.15, 0.2) is 23.0 Å². The maximum absolute atomic E-state index is 13.9. The number of rotatable bonds is 9. The third-order valence-corrected chi connectivity index (χ3v) is 6.95. The molecule has 2 aromatic carbocycles. The predicted molar refractivity (Wildman–Crippen MR) is 162 cm³/mol. The molecule has 1 saturated heterocycles. The average Bonchev–Trinajstić information content (AvgIpc) is 3.45. The Kier molecular flexibility index (Phi) is 10.7. The molecule has 1 N–H and O–H groups in total. The first-order valence-electron chi connectivity index (χ1n) is 14.7. The topological polar surface area (TPSA) is 133 Å². The molecule has 248 valence electrons. The fourth-order valence-electron chi connectivity index (χ4n) is 4.81. The second-order valence-corrected chi connectivity index (χ2v) is 11.7. The Bertz CT molecular complexity index is 1530. The van der Waals surface area contributed by atoms with Crippen molar-refractivity contribution in [1.29, 1.82) is 0 Å². The normalized spacial score (nSPS) is 15.7. The number of oxazole rings is 1. The highest BCUT2D eigenvalue weighted by atomic mass is 19.3. The summed E-state index contributed by atoms with van der Waals surface area (Å²) in [7, 11) is 1.29. The van der Waals surface area contributed by atoms with Gasteiger partial charge in [0, 0.05) is 31.2 Å². The van der Waals surface area contributed by atoms with Crippen LogP contribution in [0.5, 0.6) is 11.5 Å². The van der Waals surface area contributed by atoms with E-state index in [-0.39, 0.29) is 61.1 Å². The predicted octanol–water partition coefficient (Wildman–Crippen LogP) is 6.02. The van der Waals surface area contributed by atoms with Crippen molar-refractivity contribution in [3.8, 4) is 23.0 Å². The zero-order valence-electron chi connectivity index (χ0n) is 26.5. The van der Waals surface area contributed by atoms with Crippen LogP contribution in [0.15, 0.2) is 52.9 Å². The number of hydrogen-bond donors (Lipinski definition) is 1. The fourth-order valence-corrected chi connectivity index (χ4v) is 4.81. The third kappa shape index (κ3) is 8.64. The lowest BCUT2D eigenvalue weighted by molar-refractivity contribution is -0.0516. The first-order valence-corrected chi connectivity index (χ1v) is 14.7. The molecule has 1 aliphatic heterocycles. The van der Waals surface area contributed by atoms with Gasteiger partial charge in [-0.3, -0.25) is 4.79 Å². The van der Waals surface area contributed by atoms with Crippen LogP contribution in [0.25, 0.3) is 11.5 Å². The van der Waals surface area contributed by atoms with Crippen LogP contribution in [0.4, 0.5) is 18.4 Å². The minimum atomic E-state index is -3.09. The molecule has 3 amide bonds. The SMILES string of the molecule is COC(=O)N1CCN(C(=O)c2nc(-c3ccc(OC(F)F)c(OCc4ccccc4)c3)oc2[C@H](C)NC(=O)OC(C)(C)C)CC1C. The van der Waals surface area contributed by atoms with Gasteiger partial charge in [0.2, 0.25) is 5.89 Å². The number of ether oxygens (including phenoxy) is 4. The van der Waals surface area contributed by atoms with Gasteiger partial charge in [-0.1, -0.05) is 30.3 Å². The van der Waals surface area contributed by atoms with E-state index in [1.165, 1.54) is 35.1 Å². The van der Waals surface area contributed by atoms with Crippen molar-refractivity contribution in [2.24, 2.45) is 0 Å². The van der Waals surface area contributed by atoms with Crippen molar-refractivity contribution < 1.29 is 46.5 Å². The number of alkyl halides is 2. The van der Waals surface area contributed by atoms with Crippen LogP contribution in [0.2, 0.25) is 0 Å². The minimum absolute atomic E-state index is 0.00182. The summed E-state index contributed by atoms with van der Waals surface area (Å²) in [5.74, 6) is -0.659. The van der Waals surface area contributed by atoms with Crippen molar-refractivity contribution in [3.63, 3.8) is 0 Å². The average molecular weight is 645 g/mol. The van der Waals surface area contributed by atoms with Crippen molar-refractivity contribution in [3.05, 3.63) is 65.5 Å². The van der Waals surface area contributed by atoms with Crippen molar-refractivity contribution in [2.45, 2.75) is 65.5 Å². The summed E-state index contributed by atoms with van der Waals surface area (Å²) < 4.78 is 53.2. The zero-order valence-corrected chi connectivity index (χ0v) is 26.5. The number of aromatic nitrogens is 1. The van der Waals surface area contributed by atoms with Gasteiger partial charge in [-0.05, 0) is 58.4 Å². The zero-order chi connectivity index (χ0) is 33.6. The molecule has 0 aliphatic carbocycles. The van der Waals surface area contributed by atoms with E-state index in [1.54, 1.807) is 34.6 Å². The first kappa shape index (κ1) is 34.0. The second kappa shape index (κ2) is 14.5. The van der Waals surface area contributed by atoms with Gasteiger partial charge in [-0.2, -0.15) is 8.78 Å². The number of amides is 3. The quantitative estimate of drug-likeness (QED) is 0.297. The number of halogens is 2. The molecule has 46 heavy (non-hydrogen) atoms. The Morgan fingerprint density at radius 1 is 1.09 bits per heavy atom. The Labute approximate surface area is 265 Å². The second-order valence-electron chi connectivity index (χ2n) is 11.7. The van der Waals surface area contributed by atoms with Crippen LogP contribution in [0.1, 0.15) is 62.5 Å². The van der Waals surface area contributed by atoms with Gasteiger partial charge >= 0.3 is 18.8 Å². The maximum atomic E-state index is 13.9. The monoisotopic (exact) mass is 644 g/mol. The van der Waals surface area contributed by atoms with E-state index in [2.05, 4.69) is 15.0 Å². The van der Waals surface area contributed by atoms with Crippen LogP contribution < -0.4 is 14.8 Å². The molecule has 2 atom stereocenters. The van der Waals surface area contributed by atoms with Crippen LogP contribution in [0.3, 0.4) is 0 Å². The standard InChI is InChI=1S/C32H38F2N4O8/c1-19-17-37(14-15-38(19)31(41)42-6)28(39)25-26(20(2)35-30(40)46-32(3,4)5)45-27(36-25)22-12-13-23(44-29(33)34)24(16-22)43-18-21-10-8-7-9-11-21/h7-13,16,19-20,29H,14-15,17-18H2,1-6H3,(H,35,40)/t19?,20-/m0/s1. The summed E-state index contributed by atoms with van der Waals surface area (Å²) in [5, 5.41) is 2.67. The largest absolute Gasteiger partial charge is 0.485 e. The lowest BCUT2D eigenvalue weighted by atomic mass is 10.1. The molecule has 3 aromatic rings. The summed E-state index contributed by atoms with van der Waals surface area (Å²) in [6, 6.07) is 12.1. The molecule has 2 heterocycles. The first-order chi connectivity index (χ1) is 21.8. The molecule has 1 fully saturated rings. The molecule has 0 bridgehead atoms. The van der Waals surface area contributed by atoms with Crippen LogP contribution in [0, 0.1) is 0 Å². The molecule has 0 radical (unpaired) electrons. The highest BCUT2D eigenvalue weighted by Gasteiger charge is 2.35. The molecule has 1 unspecified atom stereocenters. The number of carbonyl (C=O) groups is 3. The maximum Gasteiger partial charge on any atom is 0.409 e. The molecule has 12 nitrogen and oxygen atoms in total. The molecular weight excluding hydrogens is 606 g/mol. The third-order valence-electron chi connectivity index (χ3n) is 6.95. The van der Waals surface area contributed by atoms with E-state index < -0.39 is 36.3 Å². The Hall–Kier alpha value is -4.88. The molecule has 0 saturated carbocycles. The molecule has 14 heteroatoms. The van der Waals surface area contributed by atoms with E-state index in [4.69, 9.17) is 18.6 Å². The summed E-state index contributed by atoms with van der Waals surface area (Å²) in [6.45, 7) is 6.15. The Balaban J connectivity index is 1.68. The molecule has 1 aromatic heterocycles. The molecule has 0 spiro atoms. The van der Waals surface area contributed by atoms with Crippen LogP contribution >= 0.6 is 0 Å². The van der Waals surface area contributed by atoms with E-state index in [0.717, 1.165) is 5.56 Å². The Morgan fingerprint density at radius 3 is 2.43 bits per heavy atom. The number of piperazine rings is 1. The van der Waals surface area contributed by atoms with Crippen molar-refractivity contribution in [2.75, 3.05) is 26.7 Å². The van der Waals surface area contributed by atoms with Gasteiger partial charge in [-0.15, -0.1) is 0 Å². The van der Waals surface area contributed by atoms with E-state index >= 15 is 0 Å². The number of nitrogens with zero attached hydrogens (tertiary/aromatic N) is 3. The molecule has 1 aliphatic rings. The smallest absolute Gasteiger partial charge is 0.409 e. The van der Waals surface area contributed by atoms with Crippen LogP contribution in [-0.4, -0.2) is 77.9 Å². The number of nitrogens with one attached hydrogen (secondary N) is 1. The number of alkyl carbamates (subject to hydrolysis) is 1. The van der Waals surface area contributed by atoms with Gasteiger partial charge in [0.1, 0.15) is 12.2 Å². The van der Waals surface area contributed by atoms with Crippen molar-refractivity contribution >= 4 is 18.1 Å².